The van der Waals surface area contributed by atoms with Crippen LogP contribution in [-0.2, 0) is 15.6 Å². The summed E-state index contributed by atoms with van der Waals surface area (Å²) in [6.45, 7) is 15.4. The third kappa shape index (κ3) is 6.47. The molecule has 1 atom stereocenters. The van der Waals surface area contributed by atoms with Crippen molar-refractivity contribution in [3.63, 3.8) is 0 Å². The van der Waals surface area contributed by atoms with Crippen LogP contribution in [0.4, 0.5) is 5.69 Å². The van der Waals surface area contributed by atoms with E-state index in [-0.39, 0.29) is 22.5 Å². The van der Waals surface area contributed by atoms with Gasteiger partial charge in [-0.2, -0.15) is 0 Å². The molecule has 0 radical (unpaired) electrons. The lowest BCUT2D eigenvalue weighted by atomic mass is 9.76. The zero-order valence-corrected chi connectivity index (χ0v) is 20.8. The van der Waals surface area contributed by atoms with Crippen LogP contribution < -0.4 is 10.1 Å². The molecule has 0 spiro atoms. The quantitative estimate of drug-likeness (QED) is 0.406. The number of amides is 1. The lowest BCUT2D eigenvalue weighted by Gasteiger charge is -2.31. The number of rotatable bonds is 11. The van der Waals surface area contributed by atoms with Crippen LogP contribution >= 0.6 is 0 Å². The number of aromatic hydroxyl groups is 1. The van der Waals surface area contributed by atoms with E-state index >= 15 is 0 Å². The SMILES string of the molecule is CCCCC(Oc1ccc(C(C)(C)CC)cc1C(C)(C)CC)C(=O)Nc1cncc(O)c1. The van der Waals surface area contributed by atoms with Gasteiger partial charge in [0.15, 0.2) is 6.10 Å². The summed E-state index contributed by atoms with van der Waals surface area (Å²) in [5.74, 6) is 0.539. The molecule has 5 heteroatoms. The average molecular weight is 441 g/mol. The van der Waals surface area contributed by atoms with E-state index in [2.05, 4.69) is 70.9 Å². The van der Waals surface area contributed by atoms with Gasteiger partial charge in [0.2, 0.25) is 0 Å². The molecular formula is C27H40N2O3. The van der Waals surface area contributed by atoms with Gasteiger partial charge in [0.05, 0.1) is 18.1 Å². The number of carbonyl (C=O) groups is 1. The van der Waals surface area contributed by atoms with E-state index in [0.717, 1.165) is 37.0 Å². The molecule has 1 aromatic carbocycles. The monoisotopic (exact) mass is 440 g/mol. The summed E-state index contributed by atoms with van der Waals surface area (Å²) in [4.78, 5) is 17.0. The number of hydrogen-bond donors (Lipinski definition) is 2. The summed E-state index contributed by atoms with van der Waals surface area (Å²) in [5, 5.41) is 12.5. The first-order valence-corrected chi connectivity index (χ1v) is 11.8. The van der Waals surface area contributed by atoms with Crippen molar-refractivity contribution in [2.75, 3.05) is 5.32 Å². The van der Waals surface area contributed by atoms with Gasteiger partial charge < -0.3 is 15.2 Å². The predicted molar refractivity (Wildman–Crippen MR) is 132 cm³/mol. The van der Waals surface area contributed by atoms with Crippen LogP contribution in [0.15, 0.2) is 36.7 Å². The van der Waals surface area contributed by atoms with Crippen molar-refractivity contribution < 1.29 is 14.6 Å². The summed E-state index contributed by atoms with van der Waals surface area (Å²) < 4.78 is 6.41. The van der Waals surface area contributed by atoms with Crippen LogP contribution in [0, 0.1) is 0 Å². The Balaban J connectivity index is 2.39. The van der Waals surface area contributed by atoms with Crippen molar-refractivity contribution in [3.05, 3.63) is 47.8 Å². The molecule has 2 N–H and O–H groups in total. The van der Waals surface area contributed by atoms with Gasteiger partial charge in [0.1, 0.15) is 11.5 Å². The van der Waals surface area contributed by atoms with Crippen molar-refractivity contribution in [2.24, 2.45) is 0 Å². The second-order valence-corrected chi connectivity index (χ2v) is 9.86. The minimum Gasteiger partial charge on any atom is -0.506 e. The first kappa shape index (κ1) is 25.7. The van der Waals surface area contributed by atoms with Crippen LogP contribution in [0.3, 0.4) is 0 Å². The summed E-state index contributed by atoms with van der Waals surface area (Å²) in [7, 11) is 0. The summed E-state index contributed by atoms with van der Waals surface area (Å²) in [5.41, 5.74) is 2.85. The van der Waals surface area contributed by atoms with Gasteiger partial charge in [-0.05, 0) is 48.1 Å². The lowest BCUT2D eigenvalue weighted by Crippen LogP contribution is -2.34. The van der Waals surface area contributed by atoms with E-state index in [9.17, 15) is 9.90 Å². The molecule has 32 heavy (non-hydrogen) atoms. The third-order valence-corrected chi connectivity index (χ3v) is 6.63. The van der Waals surface area contributed by atoms with E-state index in [4.69, 9.17) is 4.74 Å². The Bertz CT molecular complexity index is 906. The second-order valence-electron chi connectivity index (χ2n) is 9.86. The number of ether oxygens (including phenoxy) is 1. The van der Waals surface area contributed by atoms with E-state index in [1.54, 1.807) is 0 Å². The average Bonchev–Trinajstić information content (AvgIpc) is 2.76. The van der Waals surface area contributed by atoms with Gasteiger partial charge >= 0.3 is 0 Å². The van der Waals surface area contributed by atoms with Crippen LogP contribution in [0.5, 0.6) is 11.5 Å². The number of unbranched alkanes of at least 4 members (excludes halogenated alkanes) is 1. The Labute approximate surface area is 193 Å². The number of carbonyl (C=O) groups excluding carboxylic acids is 1. The van der Waals surface area contributed by atoms with E-state index in [1.807, 2.05) is 6.07 Å². The van der Waals surface area contributed by atoms with Crippen LogP contribution in [0.2, 0.25) is 0 Å². The Morgan fingerprint density at radius 2 is 1.75 bits per heavy atom. The van der Waals surface area contributed by atoms with Gasteiger partial charge in [0.25, 0.3) is 5.91 Å². The maximum atomic E-state index is 13.1. The standard InChI is InChI=1S/C27H40N2O3/c1-8-11-12-24(25(31)29-20-16-21(30)18-28-17-20)32-23-14-13-19(26(4,5)9-2)15-22(23)27(6,7)10-3/h13-18,24,30H,8-12H2,1-7H3,(H,29,31). The zero-order valence-electron chi connectivity index (χ0n) is 20.8. The molecule has 0 saturated heterocycles. The second kappa shape index (κ2) is 10.8. The molecule has 176 valence electrons. The maximum absolute atomic E-state index is 13.1. The number of hydrogen-bond acceptors (Lipinski definition) is 4. The predicted octanol–water partition coefficient (Wildman–Crippen LogP) is 6.74. The number of nitrogens with one attached hydrogen (secondary N) is 1. The molecule has 5 nitrogen and oxygen atoms in total. The van der Waals surface area contributed by atoms with Gasteiger partial charge in [-0.3, -0.25) is 9.78 Å². The van der Waals surface area contributed by atoms with E-state index in [0.29, 0.717) is 12.1 Å². The summed E-state index contributed by atoms with van der Waals surface area (Å²) in [6, 6.07) is 7.90. The molecule has 0 aliphatic rings. The maximum Gasteiger partial charge on any atom is 0.265 e. The van der Waals surface area contributed by atoms with Gasteiger partial charge in [-0.1, -0.05) is 67.0 Å². The highest BCUT2D eigenvalue weighted by atomic mass is 16.5. The molecule has 2 aromatic rings. The van der Waals surface area contributed by atoms with Crippen molar-refractivity contribution in [1.82, 2.24) is 4.98 Å². The highest BCUT2D eigenvalue weighted by Gasteiger charge is 2.29. The van der Waals surface area contributed by atoms with E-state index in [1.165, 1.54) is 24.0 Å². The smallest absolute Gasteiger partial charge is 0.265 e. The van der Waals surface area contributed by atoms with Crippen molar-refractivity contribution >= 4 is 11.6 Å². The molecule has 0 aliphatic carbocycles. The van der Waals surface area contributed by atoms with Gasteiger partial charge in [-0.25, -0.2) is 0 Å². The van der Waals surface area contributed by atoms with Gasteiger partial charge in [-0.15, -0.1) is 0 Å². The van der Waals surface area contributed by atoms with Crippen LogP contribution in [0.1, 0.15) is 91.7 Å². The van der Waals surface area contributed by atoms with Crippen LogP contribution in [-0.4, -0.2) is 22.1 Å². The first-order chi connectivity index (χ1) is 15.0. The molecule has 2 rings (SSSR count). The van der Waals surface area contributed by atoms with E-state index < -0.39 is 6.10 Å². The highest BCUT2D eigenvalue weighted by molar-refractivity contribution is 5.94. The van der Waals surface area contributed by atoms with Crippen molar-refractivity contribution in [3.8, 4) is 11.5 Å². The molecule has 0 aliphatic heterocycles. The highest BCUT2D eigenvalue weighted by Crippen LogP contribution is 2.39. The number of aromatic nitrogens is 1. The lowest BCUT2D eigenvalue weighted by molar-refractivity contribution is -0.123. The minimum absolute atomic E-state index is 0.00920. The number of pyridine rings is 1. The molecular weight excluding hydrogens is 400 g/mol. The fourth-order valence-electron chi connectivity index (χ4n) is 3.48. The first-order valence-electron chi connectivity index (χ1n) is 11.8. The number of benzene rings is 1. The molecule has 1 amide bonds. The Morgan fingerprint density at radius 3 is 2.34 bits per heavy atom. The molecule has 1 unspecified atom stereocenters. The third-order valence-electron chi connectivity index (χ3n) is 6.63. The Morgan fingerprint density at radius 1 is 1.06 bits per heavy atom. The molecule has 0 bridgehead atoms. The fraction of sp³-hybridized carbons (Fsp3) is 0.556. The van der Waals surface area contributed by atoms with Crippen molar-refractivity contribution in [2.45, 2.75) is 97.5 Å². The molecule has 0 fully saturated rings. The normalized spacial score (nSPS) is 13.0. The zero-order chi connectivity index (χ0) is 23.9. The Hall–Kier alpha value is -2.56. The number of anilines is 1. The summed E-state index contributed by atoms with van der Waals surface area (Å²) in [6.07, 6.45) is 6.68. The molecule has 0 saturated carbocycles. The van der Waals surface area contributed by atoms with Crippen molar-refractivity contribution in [1.29, 1.82) is 0 Å². The largest absolute Gasteiger partial charge is 0.506 e. The van der Waals surface area contributed by atoms with Crippen LogP contribution in [0.25, 0.3) is 0 Å². The topological polar surface area (TPSA) is 71.5 Å². The molecule has 1 aromatic heterocycles. The van der Waals surface area contributed by atoms with Gasteiger partial charge in [0, 0.05) is 11.6 Å². The summed E-state index contributed by atoms with van der Waals surface area (Å²) >= 11 is 0. The minimum atomic E-state index is -0.631. The number of nitrogens with zero attached hydrogens (tertiary/aromatic N) is 1. The fourth-order valence-corrected chi connectivity index (χ4v) is 3.48. The Kier molecular flexibility index (Phi) is 8.71. The molecule has 1 heterocycles.